The van der Waals surface area contributed by atoms with E-state index in [0.717, 1.165) is 18.2 Å². The summed E-state index contributed by atoms with van der Waals surface area (Å²) in [4.78, 5) is 8.86. The van der Waals surface area contributed by atoms with E-state index in [1.165, 1.54) is 21.6 Å². The fourth-order valence-electron chi connectivity index (χ4n) is 3.90. The molecule has 37 heavy (non-hydrogen) atoms. The number of benzene rings is 2. The van der Waals surface area contributed by atoms with E-state index < -0.39 is 35.1 Å². The Bertz CT molecular complexity index is 1720. The van der Waals surface area contributed by atoms with Gasteiger partial charge in [0.25, 0.3) is 0 Å². The highest BCUT2D eigenvalue weighted by Crippen LogP contribution is 2.30. The molecule has 12 heteroatoms. The van der Waals surface area contributed by atoms with Crippen molar-refractivity contribution < 1.29 is 22.7 Å². The lowest BCUT2D eigenvalue weighted by atomic mass is 10.1. The van der Waals surface area contributed by atoms with Gasteiger partial charge in [0, 0.05) is 17.3 Å². The summed E-state index contributed by atoms with van der Waals surface area (Å²) in [6.45, 7) is 3.30. The molecule has 1 atom stereocenters. The van der Waals surface area contributed by atoms with E-state index in [1.54, 1.807) is 32.0 Å². The molecule has 0 fully saturated rings. The van der Waals surface area contributed by atoms with Crippen LogP contribution < -0.4 is 5.32 Å². The third-order valence-electron chi connectivity index (χ3n) is 5.73. The highest BCUT2D eigenvalue weighted by molar-refractivity contribution is 5.82. The van der Waals surface area contributed by atoms with Crippen molar-refractivity contribution in [2.45, 2.75) is 20.0 Å². The topological polar surface area (TPSA) is 105 Å². The standard InChI is InChI=1S/C25H17F4N7O/c1-12-7-14(10-30)34-36(12)25-15(13(2)37)3-6-22(33-25)35-11-31-20-9-19(17(27)8-21(20)35)32-18-5-4-16(26)23(28)24(18)29/h3-9,11,13,32,37H,1-2H3. The average molecular weight is 507 g/mol. The smallest absolute Gasteiger partial charge is 0.196 e. The summed E-state index contributed by atoms with van der Waals surface area (Å²) >= 11 is 0. The Morgan fingerprint density at radius 3 is 2.49 bits per heavy atom. The van der Waals surface area contributed by atoms with Crippen molar-refractivity contribution in [3.63, 3.8) is 0 Å². The molecule has 2 aromatic carbocycles. The molecule has 0 spiro atoms. The molecule has 0 aliphatic rings. The first-order valence-corrected chi connectivity index (χ1v) is 10.9. The monoisotopic (exact) mass is 507 g/mol. The van der Waals surface area contributed by atoms with Crippen molar-refractivity contribution in [2.75, 3.05) is 5.32 Å². The Morgan fingerprint density at radius 2 is 1.78 bits per heavy atom. The molecule has 0 radical (unpaired) electrons. The van der Waals surface area contributed by atoms with E-state index >= 15 is 4.39 Å². The summed E-state index contributed by atoms with van der Waals surface area (Å²) in [7, 11) is 0. The molecule has 0 saturated carbocycles. The number of fused-ring (bicyclic) bond motifs is 1. The summed E-state index contributed by atoms with van der Waals surface area (Å²) in [6, 6.07) is 10.9. The zero-order chi connectivity index (χ0) is 26.4. The Balaban J connectivity index is 1.59. The Morgan fingerprint density at radius 1 is 1.00 bits per heavy atom. The Labute approximate surface area is 207 Å². The van der Waals surface area contributed by atoms with Crippen LogP contribution in [0.1, 0.15) is 30.0 Å². The zero-order valence-corrected chi connectivity index (χ0v) is 19.3. The summed E-state index contributed by atoms with van der Waals surface area (Å²) < 4.78 is 58.8. The van der Waals surface area contributed by atoms with Gasteiger partial charge in [0.05, 0.1) is 28.5 Å². The van der Waals surface area contributed by atoms with Gasteiger partial charge in [0.1, 0.15) is 24.0 Å². The second kappa shape index (κ2) is 9.03. The van der Waals surface area contributed by atoms with Crippen molar-refractivity contribution in [2.24, 2.45) is 0 Å². The summed E-state index contributed by atoms with van der Waals surface area (Å²) in [5.74, 6) is -4.72. The Hall–Kier alpha value is -4.76. The van der Waals surface area contributed by atoms with Gasteiger partial charge >= 0.3 is 0 Å². The summed E-state index contributed by atoms with van der Waals surface area (Å²) in [5, 5.41) is 26.1. The number of nitrogens with one attached hydrogen (secondary N) is 1. The van der Waals surface area contributed by atoms with Gasteiger partial charge in [0.2, 0.25) is 0 Å². The minimum Gasteiger partial charge on any atom is -0.389 e. The van der Waals surface area contributed by atoms with Crippen molar-refractivity contribution in [1.82, 2.24) is 24.3 Å². The van der Waals surface area contributed by atoms with Gasteiger partial charge in [-0.25, -0.2) is 32.2 Å². The number of hydrogen-bond donors (Lipinski definition) is 2. The van der Waals surface area contributed by atoms with Gasteiger partial charge in [-0.2, -0.15) is 10.4 Å². The van der Waals surface area contributed by atoms with Gasteiger partial charge in [-0.05, 0) is 50.2 Å². The number of nitriles is 1. The van der Waals surface area contributed by atoms with E-state index in [-0.39, 0.29) is 17.2 Å². The van der Waals surface area contributed by atoms with Crippen LogP contribution in [0.4, 0.5) is 28.9 Å². The lowest BCUT2D eigenvalue weighted by molar-refractivity contribution is 0.198. The second-order valence-corrected chi connectivity index (χ2v) is 8.24. The normalized spacial score (nSPS) is 12.1. The molecule has 0 aliphatic carbocycles. The highest BCUT2D eigenvalue weighted by Gasteiger charge is 2.19. The van der Waals surface area contributed by atoms with Crippen LogP contribution in [0.3, 0.4) is 0 Å². The number of nitrogens with zero attached hydrogens (tertiary/aromatic N) is 6. The lowest BCUT2D eigenvalue weighted by Crippen LogP contribution is -2.11. The number of halogens is 4. The third-order valence-corrected chi connectivity index (χ3v) is 5.73. The molecule has 0 saturated heterocycles. The molecular weight excluding hydrogens is 490 g/mol. The first-order chi connectivity index (χ1) is 17.7. The predicted molar refractivity (Wildman–Crippen MR) is 126 cm³/mol. The molecule has 0 amide bonds. The van der Waals surface area contributed by atoms with E-state index in [4.69, 9.17) is 0 Å². The van der Waals surface area contributed by atoms with Crippen LogP contribution in [0.2, 0.25) is 0 Å². The van der Waals surface area contributed by atoms with Crippen LogP contribution in [0.25, 0.3) is 22.7 Å². The number of pyridine rings is 1. The van der Waals surface area contributed by atoms with Gasteiger partial charge in [-0.15, -0.1) is 0 Å². The molecule has 3 heterocycles. The quantitative estimate of drug-likeness (QED) is 0.252. The molecule has 0 bridgehead atoms. The van der Waals surface area contributed by atoms with E-state index in [9.17, 15) is 23.5 Å². The zero-order valence-electron chi connectivity index (χ0n) is 19.3. The van der Waals surface area contributed by atoms with Gasteiger partial charge < -0.3 is 10.4 Å². The Kier molecular flexibility index (Phi) is 5.85. The minimum atomic E-state index is -1.67. The van der Waals surface area contributed by atoms with Crippen molar-refractivity contribution >= 4 is 22.4 Å². The average Bonchev–Trinajstić information content (AvgIpc) is 3.46. The van der Waals surface area contributed by atoms with Crippen molar-refractivity contribution in [3.05, 3.63) is 89.0 Å². The third kappa shape index (κ3) is 4.15. The molecule has 0 aliphatic heterocycles. The maximum absolute atomic E-state index is 15.0. The fourth-order valence-corrected chi connectivity index (χ4v) is 3.90. The van der Waals surface area contributed by atoms with E-state index in [1.807, 2.05) is 6.07 Å². The van der Waals surface area contributed by atoms with Crippen LogP contribution in [-0.4, -0.2) is 29.4 Å². The number of aliphatic hydroxyl groups is 1. The minimum absolute atomic E-state index is 0.175. The molecule has 3 aromatic heterocycles. The van der Waals surface area contributed by atoms with E-state index in [0.29, 0.717) is 28.1 Å². The fraction of sp³-hybridized carbons (Fsp3) is 0.120. The highest BCUT2D eigenvalue weighted by atomic mass is 19.2. The second-order valence-electron chi connectivity index (χ2n) is 8.24. The van der Waals surface area contributed by atoms with Crippen LogP contribution in [0.5, 0.6) is 0 Å². The molecule has 2 N–H and O–H groups in total. The summed E-state index contributed by atoms with van der Waals surface area (Å²) in [6.07, 6.45) is 0.504. The molecular formula is C25H17F4N7O. The maximum Gasteiger partial charge on any atom is 0.196 e. The van der Waals surface area contributed by atoms with Crippen molar-refractivity contribution in [1.29, 1.82) is 5.26 Å². The number of aliphatic hydroxyl groups excluding tert-OH is 1. The number of aromatic nitrogens is 5. The SMILES string of the molecule is Cc1cc(C#N)nn1-c1nc(-n2cnc3cc(Nc4ccc(F)c(F)c4F)c(F)cc32)ccc1C(C)O. The predicted octanol–water partition coefficient (Wildman–Crippen LogP) is 5.14. The molecule has 1 unspecified atom stereocenters. The molecule has 5 aromatic rings. The van der Waals surface area contributed by atoms with E-state index in [2.05, 4.69) is 20.4 Å². The van der Waals surface area contributed by atoms with Crippen LogP contribution >= 0.6 is 0 Å². The first kappa shape index (κ1) is 24.0. The molecule has 186 valence electrons. The largest absolute Gasteiger partial charge is 0.389 e. The first-order valence-electron chi connectivity index (χ1n) is 10.9. The lowest BCUT2D eigenvalue weighted by Gasteiger charge is -2.15. The number of aryl methyl sites for hydroxylation is 1. The number of hydrogen-bond acceptors (Lipinski definition) is 6. The number of imidazole rings is 1. The molecule has 8 nitrogen and oxygen atoms in total. The van der Waals surface area contributed by atoms with Crippen LogP contribution in [0, 0.1) is 41.5 Å². The van der Waals surface area contributed by atoms with Gasteiger partial charge in [0.15, 0.2) is 29.0 Å². The number of anilines is 2. The number of rotatable bonds is 5. The summed E-state index contributed by atoms with van der Waals surface area (Å²) in [5.41, 5.74) is 1.22. The maximum atomic E-state index is 15.0. The van der Waals surface area contributed by atoms with Crippen molar-refractivity contribution in [3.8, 4) is 17.7 Å². The van der Waals surface area contributed by atoms with Crippen LogP contribution in [-0.2, 0) is 0 Å². The van der Waals surface area contributed by atoms with Gasteiger partial charge in [-0.3, -0.25) is 4.57 Å². The van der Waals surface area contributed by atoms with Gasteiger partial charge in [-0.1, -0.05) is 0 Å². The van der Waals surface area contributed by atoms with Crippen LogP contribution in [0.15, 0.2) is 48.8 Å². The molecule has 5 rings (SSSR count).